The summed E-state index contributed by atoms with van der Waals surface area (Å²) in [7, 11) is 0. The molecule has 2 unspecified atom stereocenters. The molecule has 0 saturated carbocycles. The zero-order valence-corrected chi connectivity index (χ0v) is 64.6. The number of hydrogen-bond acceptors (Lipinski definition) is 16. The van der Waals surface area contributed by atoms with Crippen molar-refractivity contribution in [3.05, 3.63) is 295 Å². The lowest BCUT2D eigenvalue weighted by Gasteiger charge is -2.29. The van der Waals surface area contributed by atoms with Crippen LogP contribution in [-0.4, -0.2) is 55.9 Å². The fourth-order valence-corrected chi connectivity index (χ4v) is 13.8. The fourth-order valence-electron chi connectivity index (χ4n) is 12.2. The second-order valence-corrected chi connectivity index (χ2v) is 28.4. The summed E-state index contributed by atoms with van der Waals surface area (Å²) in [5.41, 5.74) is -4.24. The minimum Gasteiger partial charge on any atom is -0.488 e. The van der Waals surface area contributed by atoms with Gasteiger partial charge in [-0.2, -0.15) is 26.3 Å². The van der Waals surface area contributed by atoms with Gasteiger partial charge in [0.05, 0.1) is 28.1 Å². The molecule has 2 aromatic heterocycles. The van der Waals surface area contributed by atoms with E-state index in [2.05, 4.69) is 58.8 Å². The number of aliphatic hydroxyl groups is 2. The highest BCUT2D eigenvalue weighted by Gasteiger charge is 2.50. The number of carbonyl (C=O) groups excluding carboxylic acids is 1. The van der Waals surface area contributed by atoms with Crippen LogP contribution in [0.4, 0.5) is 55.3 Å². The first-order valence-corrected chi connectivity index (χ1v) is 37.8. The first-order chi connectivity index (χ1) is 55.4. The Morgan fingerprint density at radius 1 is 0.496 bits per heavy atom. The highest BCUT2D eigenvalue weighted by atomic mass is 32.1. The maximum Gasteiger partial charge on any atom is 0.237 e. The van der Waals surface area contributed by atoms with E-state index in [-0.39, 0.29) is 24.4 Å². The first kappa shape index (κ1) is 88.1. The summed E-state index contributed by atoms with van der Waals surface area (Å²) in [4.78, 5) is 22.1. The third-order valence-corrected chi connectivity index (χ3v) is 20.5. The van der Waals surface area contributed by atoms with Gasteiger partial charge in [0.1, 0.15) is 55.1 Å². The zero-order valence-electron chi connectivity index (χ0n) is 63.0. The van der Waals surface area contributed by atoms with E-state index in [1.807, 2.05) is 103 Å². The van der Waals surface area contributed by atoms with Crippen molar-refractivity contribution in [3.63, 3.8) is 0 Å². The van der Waals surface area contributed by atoms with Crippen LogP contribution in [0.2, 0.25) is 0 Å². The summed E-state index contributed by atoms with van der Waals surface area (Å²) in [5.74, 6) is -21.9. The average molecular weight is 1610 g/mol. The molecule has 592 valence electrons. The van der Waals surface area contributed by atoms with Gasteiger partial charge in [-0.25, -0.2) is 48.7 Å². The van der Waals surface area contributed by atoms with Crippen LogP contribution in [0.1, 0.15) is 144 Å². The smallest absolute Gasteiger partial charge is 0.237 e. The maximum atomic E-state index is 15.2. The third-order valence-electron chi connectivity index (χ3n) is 18.5. The number of nitrogens with zero attached hydrogens (tertiary/aromatic N) is 8. The molecule has 4 heterocycles. The number of halogens is 10. The molecular formula is C88H76F10N8O7S2. The molecule has 0 spiro atoms. The Morgan fingerprint density at radius 2 is 0.870 bits per heavy atom. The zero-order chi connectivity index (χ0) is 83.5. The van der Waals surface area contributed by atoms with E-state index in [0.29, 0.717) is 30.3 Å². The van der Waals surface area contributed by atoms with Crippen LogP contribution in [0.25, 0.3) is 35.2 Å². The Kier molecular flexibility index (Phi) is 32.1. The van der Waals surface area contributed by atoms with E-state index in [9.17, 15) is 65.9 Å². The molecule has 2 aliphatic rings. The molecule has 2 N–H and O–H groups in total. The Balaban J connectivity index is 0.000000240. The quantitative estimate of drug-likeness (QED) is 0.00784. The molecule has 15 nitrogen and oxygen atoms in total. The number of rotatable bonds is 31. The molecule has 0 amide bonds. The summed E-state index contributed by atoms with van der Waals surface area (Å²) >= 11 is 2.77. The topological polar surface area (TPSA) is 224 Å². The second-order valence-electron chi connectivity index (χ2n) is 26.1. The van der Waals surface area contributed by atoms with Gasteiger partial charge in [0.25, 0.3) is 0 Å². The van der Waals surface area contributed by atoms with Crippen LogP contribution in [0.5, 0.6) is 11.5 Å². The third kappa shape index (κ3) is 21.1. The molecule has 0 radical (unpaired) electrons. The number of hydrogen-bond donors (Lipinski definition) is 2. The number of thiophene rings is 2. The van der Waals surface area contributed by atoms with Crippen LogP contribution in [0.15, 0.2) is 172 Å². The van der Waals surface area contributed by atoms with Crippen LogP contribution in [0, 0.1) is 121 Å². The lowest BCUT2D eigenvalue weighted by Crippen LogP contribution is -2.28. The van der Waals surface area contributed by atoms with Crippen molar-refractivity contribution in [3.8, 4) is 41.8 Å². The molecule has 0 saturated heterocycles. The lowest BCUT2D eigenvalue weighted by molar-refractivity contribution is 0.0633. The summed E-state index contributed by atoms with van der Waals surface area (Å²) in [6, 6.07) is 47.3. The van der Waals surface area contributed by atoms with Crippen molar-refractivity contribution in [1.82, 2.24) is 0 Å². The number of nitriles is 5. The molecule has 2 aliphatic heterocycles. The highest BCUT2D eigenvalue weighted by molar-refractivity contribution is 7.14. The molecule has 0 aliphatic carbocycles. The highest BCUT2D eigenvalue weighted by Crippen LogP contribution is 2.51. The number of aldehydes is 1. The summed E-state index contributed by atoms with van der Waals surface area (Å²) in [5, 5.41) is 64.6. The number of allylic oxidation sites excluding steroid dienone is 3. The minimum absolute atomic E-state index is 0.132. The summed E-state index contributed by atoms with van der Waals surface area (Å²) in [6.45, 7) is 20.0. The van der Waals surface area contributed by atoms with Gasteiger partial charge >= 0.3 is 0 Å². The van der Waals surface area contributed by atoms with E-state index >= 15 is 8.78 Å². The lowest BCUT2D eigenvalue weighted by atomic mass is 9.86. The van der Waals surface area contributed by atoms with Crippen LogP contribution >= 0.6 is 22.7 Å². The van der Waals surface area contributed by atoms with Crippen LogP contribution in [-0.2, 0) is 33.9 Å². The van der Waals surface area contributed by atoms with Gasteiger partial charge in [-0.3, -0.25) is 4.79 Å². The normalized spacial score (nSPS) is 14.8. The largest absolute Gasteiger partial charge is 0.488 e. The van der Waals surface area contributed by atoms with Crippen molar-refractivity contribution in [2.24, 2.45) is 0 Å². The summed E-state index contributed by atoms with van der Waals surface area (Å²) < 4.78 is 165. The second kappa shape index (κ2) is 41.9. The molecule has 2 atom stereocenters. The van der Waals surface area contributed by atoms with Crippen molar-refractivity contribution in [2.45, 2.75) is 110 Å². The van der Waals surface area contributed by atoms with E-state index < -0.39 is 114 Å². The van der Waals surface area contributed by atoms with E-state index in [4.69, 9.17) is 36.0 Å². The Morgan fingerprint density at radius 3 is 1.25 bits per heavy atom. The number of unbranched alkanes of at least 4 members (excludes halogenated alkanes) is 4. The standard InChI is InChI=1S/C44H37F5N4O3S.C28H33NO3S.C16H6F5N3O/c1-4-5-21-53(22-9-10-23-54)31-15-13-29(35(24-31)55-27-28-11-7-6-8-12-28)14-16-32-17-18-33(57-32)19-20-34-42(52-3)43(30(25-50)26-51)56-44(34,2)36-37(45)39(47)41(49)40(48)38(36)46;1-2-3-17-29(18-7-8-19-30)25-13-11-24(12-14-26-15-16-27(21-31)33-26)28(20-25)32-22-23-9-5-4-6-10-23;1-6-8(5-24)15(7(3-22)4-23)25-16(6,2)9-10(17)12(19)14(21)13(20)11(9)18/h6-8,11-20,24,54H,4-5,9-10,21-23,27H2,1-2H3;4-6,9-16,20-21,30H,2-3,7-8,17-19,22H2,1H3;1-2H3/b16-14+,20-19+;14-12+;. The predicted molar refractivity (Wildman–Crippen MR) is 420 cm³/mol. The molecule has 10 rings (SSSR count). The van der Waals surface area contributed by atoms with Gasteiger partial charge in [-0.15, -0.1) is 22.7 Å². The van der Waals surface area contributed by atoms with Gasteiger partial charge in [-0.1, -0.05) is 93.4 Å². The van der Waals surface area contributed by atoms with Gasteiger partial charge in [0.2, 0.25) is 17.3 Å². The number of aliphatic hydroxyl groups excluding tert-OH is 2. The van der Waals surface area contributed by atoms with Crippen molar-refractivity contribution >= 4 is 70.7 Å². The van der Waals surface area contributed by atoms with E-state index in [1.165, 1.54) is 47.0 Å². The van der Waals surface area contributed by atoms with Crippen LogP contribution in [0.3, 0.4) is 0 Å². The van der Waals surface area contributed by atoms with Gasteiger partial charge < -0.3 is 39.0 Å². The number of anilines is 2. The van der Waals surface area contributed by atoms with Crippen molar-refractivity contribution < 1.29 is 77.9 Å². The minimum atomic E-state index is -2.50. The first-order valence-electron chi connectivity index (χ1n) is 36.2. The van der Waals surface area contributed by atoms with Gasteiger partial charge in [0, 0.05) is 94.2 Å². The van der Waals surface area contributed by atoms with Crippen LogP contribution < -0.4 is 19.3 Å². The molecular weight excluding hydrogens is 1540 g/mol. The predicted octanol–water partition coefficient (Wildman–Crippen LogP) is 21.5. The van der Waals surface area contributed by atoms with Crippen molar-refractivity contribution in [1.29, 1.82) is 26.3 Å². The fraction of sp³-hybridized carbons (Fsp3) is 0.261. The molecule has 0 fully saturated rings. The van der Waals surface area contributed by atoms with E-state index in [0.717, 1.165) is 152 Å². The maximum absolute atomic E-state index is 15.2. The molecule has 115 heavy (non-hydrogen) atoms. The number of carbonyl (C=O) groups is 1. The van der Waals surface area contributed by atoms with Crippen molar-refractivity contribution in [2.75, 3.05) is 49.2 Å². The molecule has 8 aromatic rings. The average Bonchev–Trinajstić information content (AvgIpc) is 1.61. The molecule has 0 bridgehead atoms. The molecule has 6 aromatic carbocycles. The summed E-state index contributed by atoms with van der Waals surface area (Å²) in [6.07, 6.45) is 19.1. The monoisotopic (exact) mass is 1610 g/mol. The van der Waals surface area contributed by atoms with E-state index in [1.54, 1.807) is 30.3 Å². The Labute approximate surface area is 667 Å². The van der Waals surface area contributed by atoms with Gasteiger partial charge in [-0.05, 0) is 155 Å². The van der Waals surface area contributed by atoms with Gasteiger partial charge in [0.15, 0.2) is 86.7 Å². The SMILES string of the molecule is CC1=C(C#N)C(=C(C#N)C#N)OC1(C)c1c(F)c(F)c(F)c(F)c1F.CCCCN(CCCCO)c1ccc(/C=C/c2ccc(C=O)s2)c(OCc2ccccc2)c1.[C-]#[N+]C1=C(/C=C/c2ccc(/C=C/c3ccc(N(CCCC)CCCCO)cc3OCc3ccccc3)s2)C(C)(c2c(F)c(F)c(F)c(F)c2F)OC1=C(C#N)C#N. The molecule has 27 heteroatoms. The number of benzene rings is 6. The number of ether oxygens (including phenoxy) is 4. The Hall–Kier alpha value is -12.5. The Bertz CT molecular complexity index is 5280.